The minimum atomic E-state index is 0.0319. The number of hydrogen-bond acceptors (Lipinski definition) is 4. The minimum Gasteiger partial charge on any atom is -0.459 e. The zero-order valence-corrected chi connectivity index (χ0v) is 14.8. The van der Waals surface area contributed by atoms with Crippen molar-refractivity contribution < 1.29 is 9.21 Å². The lowest BCUT2D eigenvalue weighted by molar-refractivity contribution is 0.0641. The van der Waals surface area contributed by atoms with Crippen LogP contribution in [0.5, 0.6) is 0 Å². The fraction of sp³-hybridized carbons (Fsp3) is 0.421. The fourth-order valence-corrected chi connectivity index (χ4v) is 4.06. The van der Waals surface area contributed by atoms with Gasteiger partial charge in [0.2, 0.25) is 0 Å². The quantitative estimate of drug-likeness (QED) is 0.813. The van der Waals surface area contributed by atoms with Gasteiger partial charge in [0.1, 0.15) is 0 Å². The maximum Gasteiger partial charge on any atom is 0.289 e. The van der Waals surface area contributed by atoms with E-state index in [1.165, 1.54) is 11.3 Å². The summed E-state index contributed by atoms with van der Waals surface area (Å²) < 4.78 is 5.54. The molecule has 4 nitrogen and oxygen atoms in total. The minimum absolute atomic E-state index is 0.0319. The smallest absolute Gasteiger partial charge is 0.289 e. The van der Waals surface area contributed by atoms with Crippen molar-refractivity contribution >= 4 is 17.7 Å². The number of nitrogens with one attached hydrogen (secondary N) is 1. The monoisotopic (exact) mass is 344 g/mol. The Morgan fingerprint density at radius 1 is 1.33 bits per heavy atom. The molecule has 0 saturated carbocycles. The average molecular weight is 344 g/mol. The molecule has 24 heavy (non-hydrogen) atoms. The summed E-state index contributed by atoms with van der Waals surface area (Å²) in [4.78, 5) is 16.0. The van der Waals surface area contributed by atoms with Crippen LogP contribution in [0.3, 0.4) is 0 Å². The number of carbonyl (C=O) groups is 1. The van der Waals surface area contributed by atoms with Crippen molar-refractivity contribution in [2.24, 2.45) is 5.92 Å². The van der Waals surface area contributed by atoms with Crippen molar-refractivity contribution in [1.29, 1.82) is 0 Å². The van der Waals surface area contributed by atoms with E-state index in [1.54, 1.807) is 18.0 Å². The molecule has 1 N–H and O–H groups in total. The van der Waals surface area contributed by atoms with Crippen LogP contribution in [-0.4, -0.2) is 37.5 Å². The van der Waals surface area contributed by atoms with E-state index in [0.717, 1.165) is 37.4 Å². The Balaban J connectivity index is 1.64. The van der Waals surface area contributed by atoms with Gasteiger partial charge < -0.3 is 14.6 Å². The van der Waals surface area contributed by atoms with Crippen molar-refractivity contribution in [1.82, 2.24) is 10.2 Å². The maximum atomic E-state index is 12.8. The summed E-state index contributed by atoms with van der Waals surface area (Å²) in [5.41, 5.74) is 0.976. The van der Waals surface area contributed by atoms with Gasteiger partial charge in [0.15, 0.2) is 5.76 Å². The van der Waals surface area contributed by atoms with Gasteiger partial charge in [-0.15, -0.1) is 11.8 Å². The van der Waals surface area contributed by atoms with E-state index in [4.69, 9.17) is 4.42 Å². The molecule has 2 heterocycles. The van der Waals surface area contributed by atoms with Crippen LogP contribution in [0, 0.1) is 5.92 Å². The number of likely N-dealkylation sites (tertiary alicyclic amines) is 1. The van der Waals surface area contributed by atoms with Crippen LogP contribution in [0.15, 0.2) is 52.0 Å². The van der Waals surface area contributed by atoms with E-state index < -0.39 is 0 Å². The summed E-state index contributed by atoms with van der Waals surface area (Å²) >= 11 is 1.72. The first-order chi connectivity index (χ1) is 11.8. The van der Waals surface area contributed by atoms with Gasteiger partial charge in [-0.2, -0.15) is 0 Å². The summed E-state index contributed by atoms with van der Waals surface area (Å²) in [5, 5.41) is 3.22. The molecule has 1 aromatic heterocycles. The van der Waals surface area contributed by atoms with Crippen LogP contribution < -0.4 is 5.32 Å². The number of nitrogens with zero attached hydrogens (tertiary/aromatic N) is 1. The van der Waals surface area contributed by atoms with Crippen LogP contribution >= 0.6 is 11.8 Å². The van der Waals surface area contributed by atoms with Gasteiger partial charge in [0.05, 0.1) is 6.26 Å². The van der Waals surface area contributed by atoms with Crippen LogP contribution in [0.2, 0.25) is 0 Å². The Hall–Kier alpha value is -1.72. The molecule has 0 bridgehead atoms. The molecule has 3 rings (SSSR count). The van der Waals surface area contributed by atoms with Gasteiger partial charge in [0.25, 0.3) is 5.91 Å². The number of rotatable bonds is 6. The molecule has 0 spiro atoms. The first kappa shape index (κ1) is 17.1. The largest absolute Gasteiger partial charge is 0.459 e. The lowest BCUT2D eigenvalue weighted by Gasteiger charge is -2.32. The normalized spacial score (nSPS) is 17.9. The van der Waals surface area contributed by atoms with Gasteiger partial charge in [-0.25, -0.2) is 0 Å². The van der Waals surface area contributed by atoms with Crippen molar-refractivity contribution in [3.8, 4) is 0 Å². The highest BCUT2D eigenvalue weighted by Gasteiger charge is 2.27. The number of carbonyl (C=O) groups excluding carboxylic acids is 1. The lowest BCUT2D eigenvalue weighted by Crippen LogP contribution is -2.42. The van der Waals surface area contributed by atoms with Crippen molar-refractivity contribution in [2.45, 2.75) is 23.5 Å². The number of amides is 1. The standard InChI is InChI=1S/C19H24N2O2S/c1-20-12-15-6-5-10-21(13-15)19(22)18-16(9-11-23-18)14-24-17-7-3-2-4-8-17/h2-4,7-9,11,15,20H,5-6,10,12-14H2,1H3. The van der Waals surface area contributed by atoms with E-state index >= 15 is 0 Å². The van der Waals surface area contributed by atoms with Crippen LogP contribution in [0.1, 0.15) is 29.0 Å². The van der Waals surface area contributed by atoms with E-state index in [1.807, 2.05) is 36.2 Å². The fourth-order valence-electron chi connectivity index (χ4n) is 3.16. The topological polar surface area (TPSA) is 45.5 Å². The third-order valence-corrected chi connectivity index (χ3v) is 5.44. The van der Waals surface area contributed by atoms with Gasteiger partial charge >= 0.3 is 0 Å². The molecule has 1 saturated heterocycles. The van der Waals surface area contributed by atoms with Crippen molar-refractivity contribution in [3.63, 3.8) is 0 Å². The molecule has 0 radical (unpaired) electrons. The molecule has 1 amide bonds. The second kappa shape index (κ2) is 8.40. The SMILES string of the molecule is CNCC1CCCN(C(=O)c2occc2CSc2ccccc2)C1. The number of benzene rings is 1. The van der Waals surface area contributed by atoms with Crippen LogP contribution in [0.25, 0.3) is 0 Å². The average Bonchev–Trinajstić information content (AvgIpc) is 3.09. The second-order valence-corrected chi connectivity index (χ2v) is 7.24. The second-order valence-electron chi connectivity index (χ2n) is 6.19. The summed E-state index contributed by atoms with van der Waals surface area (Å²) in [5.74, 6) is 1.81. The molecule has 1 aromatic carbocycles. The molecule has 1 unspecified atom stereocenters. The lowest BCUT2D eigenvalue weighted by atomic mass is 9.97. The summed E-state index contributed by atoms with van der Waals surface area (Å²) in [6, 6.07) is 12.1. The molecule has 128 valence electrons. The third-order valence-electron chi connectivity index (χ3n) is 4.38. The molecule has 1 fully saturated rings. The van der Waals surface area contributed by atoms with Crippen molar-refractivity contribution in [2.75, 3.05) is 26.7 Å². The summed E-state index contributed by atoms with van der Waals surface area (Å²) in [6.07, 6.45) is 3.87. The van der Waals surface area contributed by atoms with Gasteiger partial charge in [-0.1, -0.05) is 18.2 Å². The van der Waals surface area contributed by atoms with Crippen LogP contribution in [-0.2, 0) is 5.75 Å². The van der Waals surface area contributed by atoms with E-state index in [9.17, 15) is 4.79 Å². The first-order valence-electron chi connectivity index (χ1n) is 8.46. The highest BCUT2D eigenvalue weighted by molar-refractivity contribution is 7.98. The highest BCUT2D eigenvalue weighted by atomic mass is 32.2. The van der Waals surface area contributed by atoms with E-state index in [-0.39, 0.29) is 5.91 Å². The Bertz CT molecular complexity index is 654. The van der Waals surface area contributed by atoms with Crippen molar-refractivity contribution in [3.05, 3.63) is 54.0 Å². The molecule has 1 atom stereocenters. The molecular formula is C19H24N2O2S. The molecule has 5 heteroatoms. The van der Waals surface area contributed by atoms with Gasteiger partial charge in [0, 0.05) is 29.3 Å². The number of piperidine rings is 1. The summed E-state index contributed by atoms with van der Waals surface area (Å²) in [7, 11) is 1.96. The molecule has 2 aromatic rings. The predicted molar refractivity (Wildman–Crippen MR) is 97.3 cm³/mol. The first-order valence-corrected chi connectivity index (χ1v) is 9.44. The predicted octanol–water partition coefficient (Wildman–Crippen LogP) is 3.64. The molecule has 1 aliphatic heterocycles. The van der Waals surface area contributed by atoms with Gasteiger partial charge in [-0.3, -0.25) is 4.79 Å². The Morgan fingerprint density at radius 3 is 2.96 bits per heavy atom. The zero-order valence-electron chi connectivity index (χ0n) is 14.0. The Kier molecular flexibility index (Phi) is 5.99. The Morgan fingerprint density at radius 2 is 2.17 bits per heavy atom. The zero-order chi connectivity index (χ0) is 16.8. The van der Waals surface area contributed by atoms with Crippen LogP contribution in [0.4, 0.5) is 0 Å². The van der Waals surface area contributed by atoms with E-state index in [0.29, 0.717) is 11.7 Å². The number of furan rings is 1. The number of thioether (sulfide) groups is 1. The number of hydrogen-bond donors (Lipinski definition) is 1. The summed E-state index contributed by atoms with van der Waals surface area (Å²) in [6.45, 7) is 2.59. The maximum absolute atomic E-state index is 12.8. The molecular weight excluding hydrogens is 320 g/mol. The molecule has 0 aliphatic carbocycles. The Labute approximate surface area is 147 Å². The van der Waals surface area contributed by atoms with Gasteiger partial charge in [-0.05, 0) is 50.6 Å². The molecule has 1 aliphatic rings. The highest BCUT2D eigenvalue weighted by Crippen LogP contribution is 2.26. The third kappa shape index (κ3) is 4.22. The van der Waals surface area contributed by atoms with E-state index in [2.05, 4.69) is 17.4 Å².